The normalized spacial score (nSPS) is 11.9. The highest BCUT2D eigenvalue weighted by molar-refractivity contribution is 5.55. The molecule has 0 aliphatic rings. The van der Waals surface area contributed by atoms with E-state index in [1.54, 1.807) is 19.2 Å². The summed E-state index contributed by atoms with van der Waals surface area (Å²) in [6, 6.07) is 15.4. The van der Waals surface area contributed by atoms with E-state index in [1.807, 2.05) is 43.3 Å². The lowest BCUT2D eigenvalue weighted by Gasteiger charge is -2.17. The van der Waals surface area contributed by atoms with Crippen LogP contribution in [-0.2, 0) is 0 Å². The standard InChI is InChI=1S/C15H17NO2/c1-11(12-6-4-3-5-7-12)18-15-10-13(17-2)8-9-14(15)16/h3-11H,16H2,1-2H3. The molecule has 18 heavy (non-hydrogen) atoms. The summed E-state index contributed by atoms with van der Waals surface area (Å²) in [5, 5.41) is 0. The lowest BCUT2D eigenvalue weighted by Crippen LogP contribution is -2.04. The summed E-state index contributed by atoms with van der Waals surface area (Å²) in [6.07, 6.45) is -0.0550. The van der Waals surface area contributed by atoms with Crippen LogP contribution in [0, 0.1) is 0 Å². The first-order valence-corrected chi connectivity index (χ1v) is 5.86. The smallest absolute Gasteiger partial charge is 0.146 e. The molecule has 2 aromatic carbocycles. The van der Waals surface area contributed by atoms with E-state index in [0.717, 1.165) is 11.3 Å². The van der Waals surface area contributed by atoms with Gasteiger partial charge in [-0.15, -0.1) is 0 Å². The summed E-state index contributed by atoms with van der Waals surface area (Å²) in [6.45, 7) is 1.99. The number of ether oxygens (including phenoxy) is 2. The molecule has 94 valence electrons. The van der Waals surface area contributed by atoms with E-state index < -0.39 is 0 Å². The maximum atomic E-state index is 5.89. The van der Waals surface area contributed by atoms with Crippen molar-refractivity contribution in [1.29, 1.82) is 0 Å². The minimum Gasteiger partial charge on any atom is -0.497 e. The van der Waals surface area contributed by atoms with E-state index in [-0.39, 0.29) is 6.10 Å². The second-order valence-corrected chi connectivity index (χ2v) is 4.07. The molecule has 0 amide bonds. The lowest BCUT2D eigenvalue weighted by atomic mass is 10.1. The van der Waals surface area contributed by atoms with E-state index in [2.05, 4.69) is 0 Å². The molecule has 0 spiro atoms. The van der Waals surface area contributed by atoms with E-state index in [4.69, 9.17) is 15.2 Å². The van der Waals surface area contributed by atoms with E-state index in [9.17, 15) is 0 Å². The quantitative estimate of drug-likeness (QED) is 0.837. The Hall–Kier alpha value is -2.16. The summed E-state index contributed by atoms with van der Waals surface area (Å²) in [7, 11) is 1.62. The van der Waals surface area contributed by atoms with Crippen LogP contribution >= 0.6 is 0 Å². The van der Waals surface area contributed by atoms with Crippen molar-refractivity contribution in [3.63, 3.8) is 0 Å². The lowest BCUT2D eigenvalue weighted by molar-refractivity contribution is 0.227. The molecular formula is C15H17NO2. The van der Waals surface area contributed by atoms with Crippen LogP contribution < -0.4 is 15.2 Å². The number of nitrogens with two attached hydrogens (primary N) is 1. The molecule has 2 aromatic rings. The molecule has 0 saturated carbocycles. The zero-order valence-corrected chi connectivity index (χ0v) is 10.6. The van der Waals surface area contributed by atoms with Crippen LogP contribution in [0.5, 0.6) is 11.5 Å². The molecule has 0 aromatic heterocycles. The highest BCUT2D eigenvalue weighted by Gasteiger charge is 2.09. The zero-order chi connectivity index (χ0) is 13.0. The van der Waals surface area contributed by atoms with Crippen molar-refractivity contribution in [1.82, 2.24) is 0 Å². The fraction of sp³-hybridized carbons (Fsp3) is 0.200. The average Bonchev–Trinajstić information content (AvgIpc) is 2.42. The van der Waals surface area contributed by atoms with E-state index in [1.165, 1.54) is 0 Å². The SMILES string of the molecule is COc1ccc(N)c(OC(C)c2ccccc2)c1. The predicted octanol–water partition coefficient (Wildman–Crippen LogP) is 3.42. The zero-order valence-electron chi connectivity index (χ0n) is 10.6. The largest absolute Gasteiger partial charge is 0.497 e. The molecule has 0 fully saturated rings. The Morgan fingerprint density at radius 3 is 2.44 bits per heavy atom. The van der Waals surface area contributed by atoms with Crippen molar-refractivity contribution >= 4 is 5.69 Å². The summed E-state index contributed by atoms with van der Waals surface area (Å²) in [4.78, 5) is 0. The summed E-state index contributed by atoms with van der Waals surface area (Å²) >= 11 is 0. The van der Waals surface area contributed by atoms with Gasteiger partial charge in [0.2, 0.25) is 0 Å². The van der Waals surface area contributed by atoms with Gasteiger partial charge in [0.1, 0.15) is 17.6 Å². The molecule has 2 rings (SSSR count). The second-order valence-electron chi connectivity index (χ2n) is 4.07. The van der Waals surface area contributed by atoms with Gasteiger partial charge in [-0.25, -0.2) is 0 Å². The monoisotopic (exact) mass is 243 g/mol. The molecule has 1 atom stereocenters. The van der Waals surface area contributed by atoms with Crippen LogP contribution in [0.4, 0.5) is 5.69 Å². The number of rotatable bonds is 4. The third-order valence-electron chi connectivity index (χ3n) is 2.79. The first-order valence-electron chi connectivity index (χ1n) is 5.86. The van der Waals surface area contributed by atoms with Gasteiger partial charge in [-0.05, 0) is 24.6 Å². The fourth-order valence-electron chi connectivity index (χ4n) is 1.73. The molecule has 1 unspecified atom stereocenters. The average molecular weight is 243 g/mol. The van der Waals surface area contributed by atoms with Gasteiger partial charge in [-0.3, -0.25) is 0 Å². The van der Waals surface area contributed by atoms with Gasteiger partial charge in [-0.2, -0.15) is 0 Å². The summed E-state index contributed by atoms with van der Waals surface area (Å²) in [5.41, 5.74) is 7.61. The van der Waals surface area contributed by atoms with Gasteiger partial charge in [-0.1, -0.05) is 30.3 Å². The number of anilines is 1. The summed E-state index contributed by atoms with van der Waals surface area (Å²) in [5.74, 6) is 1.38. The Labute approximate surface area is 107 Å². The second kappa shape index (κ2) is 5.45. The van der Waals surface area contributed by atoms with Crippen LogP contribution in [0.25, 0.3) is 0 Å². The van der Waals surface area contributed by atoms with Crippen molar-refractivity contribution in [3.8, 4) is 11.5 Å². The molecule has 2 N–H and O–H groups in total. The molecule has 0 aliphatic carbocycles. The number of hydrogen-bond donors (Lipinski definition) is 1. The minimum atomic E-state index is -0.0550. The Kier molecular flexibility index (Phi) is 3.72. The highest BCUT2D eigenvalue weighted by Crippen LogP contribution is 2.30. The van der Waals surface area contributed by atoms with Gasteiger partial charge >= 0.3 is 0 Å². The molecule has 0 heterocycles. The first-order chi connectivity index (χ1) is 8.70. The Morgan fingerprint density at radius 2 is 1.78 bits per heavy atom. The van der Waals surface area contributed by atoms with Gasteiger partial charge in [0.05, 0.1) is 12.8 Å². The number of hydrogen-bond acceptors (Lipinski definition) is 3. The van der Waals surface area contributed by atoms with Gasteiger partial charge < -0.3 is 15.2 Å². The van der Waals surface area contributed by atoms with Crippen molar-refractivity contribution in [2.24, 2.45) is 0 Å². The van der Waals surface area contributed by atoms with Crippen molar-refractivity contribution in [2.75, 3.05) is 12.8 Å². The maximum absolute atomic E-state index is 5.89. The molecule has 3 heteroatoms. The molecule has 0 radical (unpaired) electrons. The van der Waals surface area contributed by atoms with Crippen LogP contribution in [0.2, 0.25) is 0 Å². The van der Waals surface area contributed by atoms with Crippen molar-refractivity contribution in [3.05, 3.63) is 54.1 Å². The van der Waals surface area contributed by atoms with Crippen LogP contribution in [0.1, 0.15) is 18.6 Å². The summed E-state index contributed by atoms with van der Waals surface area (Å²) < 4.78 is 11.0. The third kappa shape index (κ3) is 2.74. The number of methoxy groups -OCH3 is 1. The van der Waals surface area contributed by atoms with E-state index >= 15 is 0 Å². The fourth-order valence-corrected chi connectivity index (χ4v) is 1.73. The van der Waals surface area contributed by atoms with Crippen LogP contribution in [0.3, 0.4) is 0 Å². The minimum absolute atomic E-state index is 0.0550. The molecule has 0 aliphatic heterocycles. The van der Waals surface area contributed by atoms with Crippen LogP contribution in [0.15, 0.2) is 48.5 Å². The Balaban J connectivity index is 2.18. The van der Waals surface area contributed by atoms with E-state index in [0.29, 0.717) is 11.4 Å². The van der Waals surface area contributed by atoms with Crippen molar-refractivity contribution < 1.29 is 9.47 Å². The maximum Gasteiger partial charge on any atom is 0.146 e. The van der Waals surface area contributed by atoms with Gasteiger partial charge in [0, 0.05) is 6.07 Å². The Morgan fingerprint density at radius 1 is 1.06 bits per heavy atom. The molecule has 3 nitrogen and oxygen atoms in total. The highest BCUT2D eigenvalue weighted by atomic mass is 16.5. The number of benzene rings is 2. The Bertz CT molecular complexity index is 511. The van der Waals surface area contributed by atoms with Crippen molar-refractivity contribution in [2.45, 2.75) is 13.0 Å². The third-order valence-corrected chi connectivity index (χ3v) is 2.79. The topological polar surface area (TPSA) is 44.5 Å². The number of nitrogen functional groups attached to an aromatic ring is 1. The molecule has 0 saturated heterocycles. The van der Waals surface area contributed by atoms with Gasteiger partial charge in [0.25, 0.3) is 0 Å². The van der Waals surface area contributed by atoms with Crippen LogP contribution in [-0.4, -0.2) is 7.11 Å². The predicted molar refractivity (Wildman–Crippen MR) is 72.9 cm³/mol. The molecule has 0 bridgehead atoms. The molecular weight excluding hydrogens is 226 g/mol. The van der Waals surface area contributed by atoms with Gasteiger partial charge in [0.15, 0.2) is 0 Å². The first kappa shape index (κ1) is 12.3.